The van der Waals surface area contributed by atoms with Gasteiger partial charge >= 0.3 is 0 Å². The summed E-state index contributed by atoms with van der Waals surface area (Å²) in [5.41, 5.74) is 5.07. The quantitative estimate of drug-likeness (QED) is 0.648. The molecule has 7 heteroatoms. The molecule has 0 atom stereocenters. The minimum Gasteiger partial charge on any atom is -0.323 e. The number of carbonyl (C=O) groups excluding carboxylic acids is 1. The summed E-state index contributed by atoms with van der Waals surface area (Å²) in [5.74, 6) is -0.351. The average Bonchev–Trinajstić information content (AvgIpc) is 2.28. The number of nitrogens with two attached hydrogens (primary N) is 1. The van der Waals surface area contributed by atoms with Gasteiger partial charge in [-0.3, -0.25) is 14.9 Å². The molecular formula is C11H12ClN3O3. The largest absolute Gasteiger partial charge is 0.323 e. The number of hydrogen-bond donors (Lipinski definition) is 2. The average molecular weight is 270 g/mol. The maximum atomic E-state index is 11.9. The van der Waals surface area contributed by atoms with E-state index in [0.717, 1.165) is 6.42 Å². The summed E-state index contributed by atoms with van der Waals surface area (Å²) in [5, 5.41) is 13.4. The number of anilines is 1. The van der Waals surface area contributed by atoms with Crippen molar-refractivity contribution in [2.75, 3.05) is 5.32 Å². The highest BCUT2D eigenvalue weighted by molar-refractivity contribution is 6.33. The molecule has 0 aromatic heterocycles. The summed E-state index contributed by atoms with van der Waals surface area (Å²) >= 11 is 5.88. The molecule has 1 saturated carbocycles. The molecule has 1 aromatic rings. The standard InChI is InChI=1S/C11H12ClN3O3/c12-8-3-2-7(15(17)18)6-9(8)14-10(16)11(13)4-1-5-11/h2-3,6H,1,4-5,13H2,(H,14,16). The number of halogens is 1. The van der Waals surface area contributed by atoms with Gasteiger partial charge in [-0.05, 0) is 25.3 Å². The van der Waals surface area contributed by atoms with Crippen molar-refractivity contribution >= 4 is 28.9 Å². The third kappa shape index (κ3) is 2.30. The van der Waals surface area contributed by atoms with Gasteiger partial charge in [-0.15, -0.1) is 0 Å². The first-order valence-corrected chi connectivity index (χ1v) is 5.84. The smallest absolute Gasteiger partial charge is 0.271 e. The van der Waals surface area contributed by atoms with Crippen LogP contribution in [0.1, 0.15) is 19.3 Å². The second-order valence-corrected chi connectivity index (χ2v) is 4.79. The molecule has 0 unspecified atom stereocenters. The van der Waals surface area contributed by atoms with E-state index in [0.29, 0.717) is 12.8 Å². The maximum Gasteiger partial charge on any atom is 0.271 e. The zero-order valence-electron chi connectivity index (χ0n) is 9.48. The molecule has 6 nitrogen and oxygen atoms in total. The first kappa shape index (κ1) is 12.8. The number of nitro groups is 1. The molecule has 0 radical (unpaired) electrons. The van der Waals surface area contributed by atoms with Gasteiger partial charge in [-0.25, -0.2) is 0 Å². The molecule has 0 aliphatic heterocycles. The highest BCUT2D eigenvalue weighted by Gasteiger charge is 2.40. The molecule has 0 heterocycles. The Morgan fingerprint density at radius 2 is 2.17 bits per heavy atom. The van der Waals surface area contributed by atoms with Crippen LogP contribution < -0.4 is 11.1 Å². The van der Waals surface area contributed by atoms with Gasteiger partial charge in [-0.2, -0.15) is 0 Å². The van der Waals surface area contributed by atoms with E-state index in [-0.39, 0.29) is 22.3 Å². The van der Waals surface area contributed by atoms with E-state index in [1.807, 2.05) is 0 Å². The molecular weight excluding hydrogens is 258 g/mol. The third-order valence-electron chi connectivity index (χ3n) is 3.11. The van der Waals surface area contributed by atoms with Gasteiger partial charge in [0.1, 0.15) is 0 Å². The Balaban J connectivity index is 2.20. The fourth-order valence-corrected chi connectivity index (χ4v) is 1.92. The summed E-state index contributed by atoms with van der Waals surface area (Å²) in [4.78, 5) is 22.0. The Labute approximate surface area is 108 Å². The van der Waals surface area contributed by atoms with Crippen molar-refractivity contribution in [3.63, 3.8) is 0 Å². The lowest BCUT2D eigenvalue weighted by Crippen LogP contribution is -2.56. The molecule has 2 rings (SSSR count). The predicted octanol–water partition coefficient (Wildman–Crippen LogP) is 2.07. The van der Waals surface area contributed by atoms with E-state index >= 15 is 0 Å². The van der Waals surface area contributed by atoms with Gasteiger partial charge < -0.3 is 11.1 Å². The number of rotatable bonds is 3. The van der Waals surface area contributed by atoms with Crippen molar-refractivity contribution in [2.24, 2.45) is 5.73 Å². The Hall–Kier alpha value is -1.66. The van der Waals surface area contributed by atoms with E-state index in [9.17, 15) is 14.9 Å². The van der Waals surface area contributed by atoms with Gasteiger partial charge in [0, 0.05) is 12.1 Å². The van der Waals surface area contributed by atoms with E-state index in [4.69, 9.17) is 17.3 Å². The molecule has 18 heavy (non-hydrogen) atoms. The number of amides is 1. The summed E-state index contributed by atoms with van der Waals surface area (Å²) in [7, 11) is 0. The number of benzene rings is 1. The van der Waals surface area contributed by atoms with Gasteiger partial charge in [0.2, 0.25) is 5.91 Å². The van der Waals surface area contributed by atoms with Crippen molar-refractivity contribution in [2.45, 2.75) is 24.8 Å². The van der Waals surface area contributed by atoms with Crippen molar-refractivity contribution in [3.05, 3.63) is 33.3 Å². The van der Waals surface area contributed by atoms with Gasteiger partial charge in [-0.1, -0.05) is 11.6 Å². The molecule has 1 aromatic carbocycles. The monoisotopic (exact) mass is 269 g/mol. The van der Waals surface area contributed by atoms with Crippen LogP contribution in [-0.4, -0.2) is 16.4 Å². The van der Waals surface area contributed by atoms with Crippen molar-refractivity contribution in [1.29, 1.82) is 0 Å². The van der Waals surface area contributed by atoms with E-state index in [2.05, 4.69) is 5.32 Å². The molecule has 1 fully saturated rings. The second-order valence-electron chi connectivity index (χ2n) is 4.39. The first-order valence-electron chi connectivity index (χ1n) is 5.47. The minimum atomic E-state index is -0.867. The van der Waals surface area contributed by atoms with Gasteiger partial charge in [0.25, 0.3) is 5.69 Å². The highest BCUT2D eigenvalue weighted by Crippen LogP contribution is 2.32. The number of nitrogens with one attached hydrogen (secondary N) is 1. The highest BCUT2D eigenvalue weighted by atomic mass is 35.5. The normalized spacial score (nSPS) is 16.8. The molecule has 1 amide bonds. The summed E-state index contributed by atoms with van der Waals surface area (Å²) in [6, 6.07) is 3.88. The molecule has 0 bridgehead atoms. The number of nitrogens with zero attached hydrogens (tertiary/aromatic N) is 1. The van der Waals surface area contributed by atoms with Gasteiger partial charge in [0.05, 0.1) is 21.2 Å². The second kappa shape index (κ2) is 4.55. The number of hydrogen-bond acceptors (Lipinski definition) is 4. The van der Waals surface area contributed by atoms with Crippen LogP contribution in [0.15, 0.2) is 18.2 Å². The predicted molar refractivity (Wildman–Crippen MR) is 67.5 cm³/mol. The number of carbonyl (C=O) groups is 1. The Morgan fingerprint density at radius 1 is 1.50 bits per heavy atom. The van der Waals surface area contributed by atoms with E-state index in [1.54, 1.807) is 0 Å². The van der Waals surface area contributed by atoms with Crippen LogP contribution in [0.5, 0.6) is 0 Å². The van der Waals surface area contributed by atoms with Crippen LogP contribution in [0.4, 0.5) is 11.4 Å². The summed E-state index contributed by atoms with van der Waals surface area (Å²) < 4.78 is 0. The molecule has 3 N–H and O–H groups in total. The number of non-ortho nitro benzene ring substituents is 1. The van der Waals surface area contributed by atoms with Crippen LogP contribution in [0.3, 0.4) is 0 Å². The Bertz CT molecular complexity index is 514. The topological polar surface area (TPSA) is 98.3 Å². The SMILES string of the molecule is NC1(C(=O)Nc2cc([N+](=O)[O-])ccc2Cl)CCC1. The van der Waals surface area contributed by atoms with Crippen LogP contribution in [0.2, 0.25) is 5.02 Å². The zero-order valence-corrected chi connectivity index (χ0v) is 10.2. The zero-order chi connectivity index (χ0) is 13.3. The summed E-state index contributed by atoms with van der Waals surface area (Å²) in [6.45, 7) is 0. The first-order chi connectivity index (χ1) is 8.42. The van der Waals surface area contributed by atoms with Crippen LogP contribution in [0, 0.1) is 10.1 Å². The van der Waals surface area contributed by atoms with Crippen LogP contribution in [-0.2, 0) is 4.79 Å². The minimum absolute atomic E-state index is 0.130. The Morgan fingerprint density at radius 3 is 2.67 bits per heavy atom. The molecule has 0 saturated heterocycles. The molecule has 96 valence electrons. The molecule has 0 spiro atoms. The van der Waals surface area contributed by atoms with E-state index in [1.165, 1.54) is 18.2 Å². The van der Waals surface area contributed by atoms with Gasteiger partial charge in [0.15, 0.2) is 0 Å². The summed E-state index contributed by atoms with van der Waals surface area (Å²) in [6.07, 6.45) is 2.14. The van der Waals surface area contributed by atoms with Crippen LogP contribution >= 0.6 is 11.6 Å². The molecule has 1 aliphatic carbocycles. The number of nitro benzene ring substituents is 1. The fourth-order valence-electron chi connectivity index (χ4n) is 1.75. The third-order valence-corrected chi connectivity index (χ3v) is 3.44. The Kier molecular flexibility index (Phi) is 3.23. The fraction of sp³-hybridized carbons (Fsp3) is 0.364. The van der Waals surface area contributed by atoms with Crippen molar-refractivity contribution in [3.8, 4) is 0 Å². The lowest BCUT2D eigenvalue weighted by molar-refractivity contribution is -0.384. The van der Waals surface area contributed by atoms with Crippen LogP contribution in [0.25, 0.3) is 0 Å². The molecule has 1 aliphatic rings. The lowest BCUT2D eigenvalue weighted by atomic mass is 9.77. The van der Waals surface area contributed by atoms with Crippen molar-refractivity contribution in [1.82, 2.24) is 0 Å². The van der Waals surface area contributed by atoms with Crippen molar-refractivity contribution < 1.29 is 9.72 Å². The van der Waals surface area contributed by atoms with E-state index < -0.39 is 10.5 Å². The maximum absolute atomic E-state index is 11.9. The lowest BCUT2D eigenvalue weighted by Gasteiger charge is -2.36.